The van der Waals surface area contributed by atoms with Crippen molar-refractivity contribution in [3.63, 3.8) is 0 Å². The average Bonchev–Trinajstić information content (AvgIpc) is 3.15. The minimum absolute atomic E-state index is 0.00249. The van der Waals surface area contributed by atoms with E-state index in [0.29, 0.717) is 5.69 Å². The Morgan fingerprint density at radius 1 is 1.07 bits per heavy atom. The number of ether oxygens (including phenoxy) is 1. The lowest BCUT2D eigenvalue weighted by Gasteiger charge is -2.07. The summed E-state index contributed by atoms with van der Waals surface area (Å²) >= 11 is 0. The molecule has 0 atom stereocenters. The Morgan fingerprint density at radius 3 is 2.57 bits per heavy atom. The maximum Gasteiger partial charge on any atom is 0.326 e. The molecule has 0 aliphatic heterocycles. The molecule has 140 valence electrons. The van der Waals surface area contributed by atoms with Gasteiger partial charge in [0.05, 0.1) is 5.69 Å². The number of halogens is 1. The maximum atomic E-state index is 13.1. The summed E-state index contributed by atoms with van der Waals surface area (Å²) in [6.45, 7) is -0.178. The molecule has 2 aromatic carbocycles. The first kappa shape index (κ1) is 17.5. The third kappa shape index (κ3) is 3.50. The van der Waals surface area contributed by atoms with Crippen LogP contribution in [0.4, 0.5) is 4.39 Å². The first-order valence-corrected chi connectivity index (χ1v) is 8.38. The first-order chi connectivity index (χ1) is 13.6. The van der Waals surface area contributed by atoms with Gasteiger partial charge in [-0.05, 0) is 29.8 Å². The van der Waals surface area contributed by atoms with Gasteiger partial charge in [0.1, 0.15) is 25.3 Å². The summed E-state index contributed by atoms with van der Waals surface area (Å²) in [6, 6.07) is 14.8. The summed E-state index contributed by atoms with van der Waals surface area (Å²) in [4.78, 5) is 28.8. The van der Waals surface area contributed by atoms with Crippen molar-refractivity contribution in [3.8, 4) is 5.69 Å². The molecule has 4 rings (SSSR count). The van der Waals surface area contributed by atoms with Gasteiger partial charge in [-0.1, -0.05) is 35.5 Å². The molecular weight excluding hydrogens is 365 g/mol. The van der Waals surface area contributed by atoms with Gasteiger partial charge in [0.25, 0.3) is 5.56 Å². The summed E-state index contributed by atoms with van der Waals surface area (Å²) in [6.07, 6.45) is 1.23. The van der Waals surface area contributed by atoms with Crippen LogP contribution in [0.2, 0.25) is 0 Å². The summed E-state index contributed by atoms with van der Waals surface area (Å²) in [5, 5.41) is 7.75. The minimum Gasteiger partial charge on any atom is -0.459 e. The molecule has 0 bridgehead atoms. The number of carbonyl (C=O) groups is 1. The van der Waals surface area contributed by atoms with Gasteiger partial charge in [-0.15, -0.1) is 5.10 Å². The number of hydrogen-bond donors (Lipinski definition) is 0. The molecule has 0 aliphatic carbocycles. The number of benzene rings is 2. The van der Waals surface area contributed by atoms with Crippen LogP contribution in [0.25, 0.3) is 16.9 Å². The van der Waals surface area contributed by atoms with E-state index >= 15 is 0 Å². The minimum atomic E-state index is -0.571. The molecule has 0 saturated heterocycles. The molecule has 0 fully saturated rings. The Bertz CT molecular complexity index is 1190. The highest BCUT2D eigenvalue weighted by Crippen LogP contribution is 2.12. The number of aromatic nitrogens is 5. The lowest BCUT2D eigenvalue weighted by atomic mass is 10.2. The van der Waals surface area contributed by atoms with Gasteiger partial charge in [-0.25, -0.2) is 9.37 Å². The Kier molecular flexibility index (Phi) is 4.63. The highest BCUT2D eigenvalue weighted by molar-refractivity contribution is 5.72. The predicted molar refractivity (Wildman–Crippen MR) is 97.1 cm³/mol. The number of esters is 1. The molecule has 0 saturated carbocycles. The average molecular weight is 379 g/mol. The number of hydrogen-bond acceptors (Lipinski definition) is 6. The van der Waals surface area contributed by atoms with E-state index < -0.39 is 17.3 Å². The maximum absolute atomic E-state index is 13.1. The van der Waals surface area contributed by atoms with Crippen LogP contribution < -0.4 is 5.56 Å². The SMILES string of the molecule is O=C(Cn1cnc2c(nnn2-c2ccc(F)cc2)c1=O)OCc1ccccc1. The van der Waals surface area contributed by atoms with Gasteiger partial charge in [-0.2, -0.15) is 4.68 Å². The third-order valence-corrected chi connectivity index (χ3v) is 4.04. The van der Waals surface area contributed by atoms with E-state index in [4.69, 9.17) is 4.74 Å². The van der Waals surface area contributed by atoms with Crippen LogP contribution in [0.1, 0.15) is 5.56 Å². The van der Waals surface area contributed by atoms with Crippen LogP contribution >= 0.6 is 0 Å². The molecule has 9 heteroatoms. The van der Waals surface area contributed by atoms with Crippen molar-refractivity contribution in [1.82, 2.24) is 24.5 Å². The summed E-state index contributed by atoms with van der Waals surface area (Å²) in [5.41, 5.74) is 1.05. The second kappa shape index (κ2) is 7.39. The van der Waals surface area contributed by atoms with Gasteiger partial charge < -0.3 is 4.74 Å². The first-order valence-electron chi connectivity index (χ1n) is 8.38. The van der Waals surface area contributed by atoms with Gasteiger partial charge >= 0.3 is 5.97 Å². The van der Waals surface area contributed by atoms with Crippen molar-refractivity contribution in [3.05, 3.63) is 82.7 Å². The van der Waals surface area contributed by atoms with E-state index in [0.717, 1.165) is 10.1 Å². The standard InChI is InChI=1S/C19H14FN5O3/c20-14-6-8-15(9-7-14)25-18-17(22-23-25)19(27)24(12-21-18)10-16(26)28-11-13-4-2-1-3-5-13/h1-9,12H,10-11H2. The van der Waals surface area contributed by atoms with E-state index in [1.165, 1.54) is 35.3 Å². The zero-order valence-corrected chi connectivity index (χ0v) is 14.5. The van der Waals surface area contributed by atoms with E-state index in [1.807, 2.05) is 30.3 Å². The van der Waals surface area contributed by atoms with E-state index in [9.17, 15) is 14.0 Å². The van der Waals surface area contributed by atoms with Crippen molar-refractivity contribution in [2.24, 2.45) is 0 Å². The fourth-order valence-corrected chi connectivity index (χ4v) is 2.64. The molecule has 0 N–H and O–H groups in total. The second-order valence-electron chi connectivity index (χ2n) is 5.97. The molecule has 2 heterocycles. The van der Waals surface area contributed by atoms with Crippen molar-refractivity contribution < 1.29 is 13.9 Å². The van der Waals surface area contributed by atoms with Gasteiger partial charge in [-0.3, -0.25) is 14.2 Å². The smallest absolute Gasteiger partial charge is 0.326 e. The molecule has 0 aliphatic rings. The fraction of sp³-hybridized carbons (Fsp3) is 0.105. The molecule has 28 heavy (non-hydrogen) atoms. The molecule has 4 aromatic rings. The third-order valence-electron chi connectivity index (χ3n) is 4.04. The highest BCUT2D eigenvalue weighted by atomic mass is 19.1. The summed E-state index contributed by atoms with van der Waals surface area (Å²) in [5.74, 6) is -0.962. The molecular formula is C19H14FN5O3. The van der Waals surface area contributed by atoms with Crippen LogP contribution in [0.3, 0.4) is 0 Å². The largest absolute Gasteiger partial charge is 0.459 e. The molecule has 0 unspecified atom stereocenters. The van der Waals surface area contributed by atoms with Crippen molar-refractivity contribution in [1.29, 1.82) is 0 Å². The predicted octanol–water partition coefficient (Wildman–Crippen LogP) is 1.86. The van der Waals surface area contributed by atoms with Crippen molar-refractivity contribution in [2.45, 2.75) is 13.2 Å². The molecule has 0 amide bonds. The summed E-state index contributed by atoms with van der Waals surface area (Å²) < 4.78 is 20.7. The lowest BCUT2D eigenvalue weighted by Crippen LogP contribution is -2.26. The topological polar surface area (TPSA) is 91.9 Å². The van der Waals surface area contributed by atoms with Crippen LogP contribution in [0.5, 0.6) is 0 Å². The number of nitrogens with zero attached hydrogens (tertiary/aromatic N) is 5. The number of carbonyl (C=O) groups excluding carboxylic acids is 1. The second-order valence-corrected chi connectivity index (χ2v) is 5.97. The fourth-order valence-electron chi connectivity index (χ4n) is 2.64. The van der Waals surface area contributed by atoms with Gasteiger partial charge in [0.2, 0.25) is 0 Å². The Morgan fingerprint density at radius 2 is 1.82 bits per heavy atom. The van der Waals surface area contributed by atoms with E-state index in [1.54, 1.807) is 0 Å². The van der Waals surface area contributed by atoms with Crippen molar-refractivity contribution in [2.75, 3.05) is 0 Å². The molecule has 8 nitrogen and oxygen atoms in total. The van der Waals surface area contributed by atoms with Crippen LogP contribution in [0, 0.1) is 5.82 Å². The van der Waals surface area contributed by atoms with E-state index in [2.05, 4.69) is 15.3 Å². The monoisotopic (exact) mass is 379 g/mol. The Labute approximate surface area is 157 Å². The Balaban J connectivity index is 1.54. The molecule has 2 aromatic heterocycles. The number of rotatable bonds is 5. The van der Waals surface area contributed by atoms with Crippen molar-refractivity contribution >= 4 is 17.1 Å². The van der Waals surface area contributed by atoms with E-state index in [-0.39, 0.29) is 24.3 Å². The van der Waals surface area contributed by atoms with Gasteiger partial charge in [0, 0.05) is 0 Å². The highest BCUT2D eigenvalue weighted by Gasteiger charge is 2.15. The molecule has 0 spiro atoms. The quantitative estimate of drug-likeness (QED) is 0.492. The van der Waals surface area contributed by atoms with Crippen LogP contribution in [-0.2, 0) is 22.7 Å². The summed E-state index contributed by atoms with van der Waals surface area (Å²) in [7, 11) is 0. The lowest BCUT2D eigenvalue weighted by molar-refractivity contribution is -0.145. The van der Waals surface area contributed by atoms with Gasteiger partial charge in [0.15, 0.2) is 11.2 Å². The normalized spacial score (nSPS) is 10.9. The van der Waals surface area contributed by atoms with Crippen LogP contribution in [0.15, 0.2) is 65.7 Å². The van der Waals surface area contributed by atoms with Crippen LogP contribution in [-0.4, -0.2) is 30.5 Å². The zero-order valence-electron chi connectivity index (χ0n) is 14.5. The zero-order chi connectivity index (χ0) is 19.5. The number of fused-ring (bicyclic) bond motifs is 1. The Hall–Kier alpha value is -3.88. The molecule has 0 radical (unpaired) electrons.